The third kappa shape index (κ3) is 6.34. The molecule has 0 radical (unpaired) electrons. The summed E-state index contributed by atoms with van der Waals surface area (Å²) in [4.78, 5) is 0. The zero-order chi connectivity index (χ0) is 22.0. The number of aliphatic hydroxyl groups excluding tert-OH is 2. The minimum absolute atomic E-state index is 0.0139. The summed E-state index contributed by atoms with van der Waals surface area (Å²) in [5, 5.41) is 21.8. The number of benzene rings is 2. The molecular formula is C26H38O2S. The fourth-order valence-corrected chi connectivity index (χ4v) is 4.11. The Kier molecular flexibility index (Phi) is 7.64. The van der Waals surface area contributed by atoms with E-state index < -0.39 is 10.9 Å². The number of thioether (sulfide) groups is 1. The van der Waals surface area contributed by atoms with E-state index in [1.807, 2.05) is 0 Å². The second-order valence-electron chi connectivity index (χ2n) is 9.97. The van der Waals surface area contributed by atoms with E-state index in [-0.39, 0.29) is 10.8 Å². The van der Waals surface area contributed by atoms with Crippen LogP contribution >= 0.6 is 11.8 Å². The van der Waals surface area contributed by atoms with Crippen molar-refractivity contribution in [3.63, 3.8) is 0 Å². The van der Waals surface area contributed by atoms with Crippen molar-refractivity contribution < 1.29 is 10.2 Å². The van der Waals surface area contributed by atoms with Crippen molar-refractivity contribution >= 4 is 11.8 Å². The molecule has 2 atom stereocenters. The van der Waals surface area contributed by atoms with Crippen LogP contribution in [0.5, 0.6) is 0 Å². The second kappa shape index (κ2) is 9.24. The van der Waals surface area contributed by atoms with Crippen LogP contribution in [0, 0.1) is 0 Å². The zero-order valence-electron chi connectivity index (χ0n) is 19.3. The fraction of sp³-hybridized carbons (Fsp3) is 0.538. The van der Waals surface area contributed by atoms with Crippen LogP contribution in [0.25, 0.3) is 0 Å². The van der Waals surface area contributed by atoms with E-state index in [0.29, 0.717) is 0 Å². The first-order valence-corrected chi connectivity index (χ1v) is 11.6. The van der Waals surface area contributed by atoms with E-state index >= 15 is 0 Å². The van der Waals surface area contributed by atoms with Crippen LogP contribution in [0.15, 0.2) is 36.4 Å². The molecule has 160 valence electrons. The van der Waals surface area contributed by atoms with Gasteiger partial charge in [0.1, 0.15) is 10.9 Å². The summed E-state index contributed by atoms with van der Waals surface area (Å²) >= 11 is 1.19. The van der Waals surface area contributed by atoms with E-state index in [4.69, 9.17) is 0 Å². The van der Waals surface area contributed by atoms with Gasteiger partial charge >= 0.3 is 0 Å². The molecule has 0 aliphatic rings. The highest BCUT2D eigenvalue weighted by Gasteiger charge is 2.22. The van der Waals surface area contributed by atoms with E-state index in [2.05, 4.69) is 91.8 Å². The van der Waals surface area contributed by atoms with Crippen LogP contribution < -0.4 is 0 Å². The van der Waals surface area contributed by atoms with Crippen molar-refractivity contribution in [2.45, 2.75) is 89.9 Å². The number of aliphatic hydroxyl groups is 2. The molecule has 0 fully saturated rings. The van der Waals surface area contributed by atoms with Crippen LogP contribution in [0.4, 0.5) is 0 Å². The quantitative estimate of drug-likeness (QED) is 0.509. The van der Waals surface area contributed by atoms with Gasteiger partial charge in [-0.1, -0.05) is 104 Å². The summed E-state index contributed by atoms with van der Waals surface area (Å²) in [6.45, 7) is 17.4. The molecule has 0 aliphatic heterocycles. The molecular weight excluding hydrogens is 376 g/mol. The molecule has 0 amide bonds. The lowest BCUT2D eigenvalue weighted by molar-refractivity contribution is 0.240. The molecule has 0 bridgehead atoms. The maximum absolute atomic E-state index is 10.9. The fourth-order valence-electron chi connectivity index (χ4n) is 3.28. The lowest BCUT2D eigenvalue weighted by Crippen LogP contribution is -2.13. The largest absolute Gasteiger partial charge is 0.378 e. The predicted octanol–water partition coefficient (Wildman–Crippen LogP) is 6.82. The van der Waals surface area contributed by atoms with Gasteiger partial charge in [-0.2, -0.15) is 0 Å². The number of rotatable bonds is 6. The van der Waals surface area contributed by atoms with Crippen LogP contribution in [0.2, 0.25) is 0 Å². The summed E-state index contributed by atoms with van der Waals surface area (Å²) in [6.07, 6.45) is 1.84. The van der Waals surface area contributed by atoms with Gasteiger partial charge in [0.25, 0.3) is 0 Å². The number of hydrogen-bond donors (Lipinski definition) is 2. The molecule has 2 rings (SSSR count). The molecule has 0 spiro atoms. The Labute approximate surface area is 181 Å². The van der Waals surface area contributed by atoms with Crippen LogP contribution in [-0.4, -0.2) is 10.2 Å². The van der Waals surface area contributed by atoms with Crippen LogP contribution in [0.3, 0.4) is 0 Å². The molecule has 29 heavy (non-hydrogen) atoms. The maximum atomic E-state index is 10.9. The van der Waals surface area contributed by atoms with Crippen molar-refractivity contribution in [3.05, 3.63) is 69.8 Å². The van der Waals surface area contributed by atoms with Crippen LogP contribution in [-0.2, 0) is 23.7 Å². The summed E-state index contributed by atoms with van der Waals surface area (Å²) < 4.78 is 0. The van der Waals surface area contributed by atoms with Gasteiger partial charge in [0.2, 0.25) is 0 Å². The third-order valence-corrected chi connectivity index (χ3v) is 6.47. The highest BCUT2D eigenvalue weighted by atomic mass is 32.2. The van der Waals surface area contributed by atoms with E-state index in [0.717, 1.165) is 24.0 Å². The molecule has 0 saturated heterocycles. The Morgan fingerprint density at radius 3 is 1.28 bits per heavy atom. The first-order valence-electron chi connectivity index (χ1n) is 10.7. The molecule has 0 aliphatic carbocycles. The lowest BCUT2D eigenvalue weighted by Gasteiger charge is -2.25. The highest BCUT2D eigenvalue weighted by Crippen LogP contribution is 2.40. The van der Waals surface area contributed by atoms with Crippen LogP contribution in [0.1, 0.15) is 99.6 Å². The van der Waals surface area contributed by atoms with E-state index in [9.17, 15) is 10.2 Å². The zero-order valence-corrected chi connectivity index (χ0v) is 20.2. The monoisotopic (exact) mass is 414 g/mol. The van der Waals surface area contributed by atoms with Gasteiger partial charge in [-0.15, -0.1) is 0 Å². The minimum atomic E-state index is -0.777. The Morgan fingerprint density at radius 1 is 0.655 bits per heavy atom. The smallest absolute Gasteiger partial charge is 0.127 e. The van der Waals surface area contributed by atoms with E-state index in [1.165, 1.54) is 34.0 Å². The van der Waals surface area contributed by atoms with Crippen molar-refractivity contribution in [3.8, 4) is 0 Å². The Hall–Kier alpha value is -1.29. The second-order valence-corrected chi connectivity index (χ2v) is 11.1. The molecule has 2 nitrogen and oxygen atoms in total. The van der Waals surface area contributed by atoms with Crippen molar-refractivity contribution in [1.29, 1.82) is 0 Å². The highest BCUT2D eigenvalue weighted by molar-refractivity contribution is 7.99. The standard InChI is InChI=1S/C26H38O2S/c1-9-17-11-19(15-21(13-17)25(3,4)5)23(27)29-24(28)20-12-18(10-2)14-22(16-20)26(6,7)8/h11-16,23-24,27-28H,9-10H2,1-8H3. The summed E-state index contributed by atoms with van der Waals surface area (Å²) in [5.41, 5.74) is 5.05. The SMILES string of the molecule is CCc1cc(C(O)SC(O)c2cc(CC)cc(C(C)(C)C)c2)cc(C(C)(C)C)c1. The molecule has 0 heterocycles. The first-order chi connectivity index (χ1) is 13.3. The van der Waals surface area contributed by atoms with E-state index in [1.54, 1.807) is 0 Å². The molecule has 3 heteroatoms. The molecule has 2 aromatic carbocycles. The average molecular weight is 415 g/mol. The average Bonchev–Trinajstić information content (AvgIpc) is 2.65. The first kappa shape index (κ1) is 24.0. The van der Waals surface area contributed by atoms with Gasteiger partial charge in [0, 0.05) is 0 Å². The maximum Gasteiger partial charge on any atom is 0.127 e. The van der Waals surface area contributed by atoms with Gasteiger partial charge in [0.05, 0.1) is 0 Å². The van der Waals surface area contributed by atoms with Crippen molar-refractivity contribution in [2.75, 3.05) is 0 Å². The van der Waals surface area contributed by atoms with Gasteiger partial charge in [-0.25, -0.2) is 0 Å². The summed E-state index contributed by atoms with van der Waals surface area (Å²) in [7, 11) is 0. The Bertz CT molecular complexity index is 758. The summed E-state index contributed by atoms with van der Waals surface area (Å²) in [5.74, 6) is 0. The Balaban J connectivity index is 2.33. The molecule has 2 aromatic rings. The lowest BCUT2D eigenvalue weighted by atomic mass is 9.85. The third-order valence-electron chi connectivity index (χ3n) is 5.41. The Morgan fingerprint density at radius 2 is 1.00 bits per heavy atom. The normalized spacial score (nSPS) is 14.7. The van der Waals surface area contributed by atoms with Crippen molar-refractivity contribution in [2.24, 2.45) is 0 Å². The molecule has 0 aromatic heterocycles. The van der Waals surface area contributed by atoms with Gasteiger partial charge < -0.3 is 10.2 Å². The van der Waals surface area contributed by atoms with Gasteiger partial charge in [-0.05, 0) is 57.1 Å². The number of aryl methyl sites for hydroxylation is 2. The predicted molar refractivity (Wildman–Crippen MR) is 127 cm³/mol. The van der Waals surface area contributed by atoms with Crippen molar-refractivity contribution in [1.82, 2.24) is 0 Å². The molecule has 2 unspecified atom stereocenters. The minimum Gasteiger partial charge on any atom is -0.378 e. The van der Waals surface area contributed by atoms with Gasteiger partial charge in [0.15, 0.2) is 0 Å². The topological polar surface area (TPSA) is 40.5 Å². The molecule has 2 N–H and O–H groups in total. The number of hydrogen-bond acceptors (Lipinski definition) is 3. The van der Waals surface area contributed by atoms with Gasteiger partial charge in [-0.3, -0.25) is 0 Å². The summed E-state index contributed by atoms with van der Waals surface area (Å²) in [6, 6.07) is 12.7. The molecule has 0 saturated carbocycles.